The lowest BCUT2D eigenvalue weighted by Gasteiger charge is -2.29. The third-order valence-corrected chi connectivity index (χ3v) is 9.70. The largest absolute Gasteiger partial charge is 0.543 e. The second kappa shape index (κ2) is 6.36. The summed E-state index contributed by atoms with van der Waals surface area (Å²) >= 11 is 0. The first-order valence-corrected chi connectivity index (χ1v) is 11.1. The average Bonchev–Trinajstić information content (AvgIpc) is 2.64. The number of hydrogen-bond acceptors (Lipinski definition) is 3. The molecular formula is C20H22O3Si. The Kier molecular flexibility index (Phi) is 4.41. The quantitative estimate of drug-likeness (QED) is 0.625. The Bertz CT molecular complexity index is 798. The van der Waals surface area contributed by atoms with Crippen LogP contribution in [-0.2, 0) is 0 Å². The number of carbonyl (C=O) groups excluding carboxylic acids is 2. The van der Waals surface area contributed by atoms with Crippen LogP contribution in [0.2, 0.25) is 18.1 Å². The molecule has 0 aliphatic heterocycles. The van der Waals surface area contributed by atoms with E-state index in [0.29, 0.717) is 28.0 Å². The zero-order valence-corrected chi connectivity index (χ0v) is 15.4. The van der Waals surface area contributed by atoms with Gasteiger partial charge in [0.15, 0.2) is 11.6 Å². The van der Waals surface area contributed by atoms with E-state index >= 15 is 0 Å². The van der Waals surface area contributed by atoms with Gasteiger partial charge in [-0.15, -0.1) is 0 Å². The third kappa shape index (κ3) is 2.61. The fourth-order valence-electron chi connectivity index (χ4n) is 3.36. The summed E-state index contributed by atoms with van der Waals surface area (Å²) in [6.45, 7) is 6.51. The Morgan fingerprint density at radius 3 is 1.79 bits per heavy atom. The second-order valence-corrected chi connectivity index (χ2v) is 10.9. The van der Waals surface area contributed by atoms with Crippen LogP contribution in [-0.4, -0.2) is 19.9 Å². The maximum absolute atomic E-state index is 12.8. The van der Waals surface area contributed by atoms with Gasteiger partial charge < -0.3 is 4.43 Å². The van der Waals surface area contributed by atoms with Gasteiger partial charge in [-0.05, 0) is 36.3 Å². The lowest BCUT2D eigenvalue weighted by Crippen LogP contribution is -2.39. The molecule has 1 aliphatic carbocycles. The first-order valence-electron chi connectivity index (χ1n) is 8.56. The van der Waals surface area contributed by atoms with Crippen LogP contribution in [0.5, 0.6) is 5.75 Å². The van der Waals surface area contributed by atoms with Crippen LogP contribution in [0.1, 0.15) is 52.6 Å². The molecule has 124 valence electrons. The summed E-state index contributed by atoms with van der Waals surface area (Å²) in [4.78, 5) is 25.4. The summed E-state index contributed by atoms with van der Waals surface area (Å²) in [6, 6.07) is 15.4. The summed E-state index contributed by atoms with van der Waals surface area (Å²) in [7, 11) is -1.81. The molecule has 2 aromatic rings. The van der Waals surface area contributed by atoms with E-state index in [4.69, 9.17) is 4.43 Å². The summed E-state index contributed by atoms with van der Waals surface area (Å²) in [5.74, 6) is 0.533. The molecule has 0 amide bonds. The van der Waals surface area contributed by atoms with Crippen LogP contribution in [0.25, 0.3) is 0 Å². The predicted molar refractivity (Wildman–Crippen MR) is 97.6 cm³/mol. The first-order chi connectivity index (χ1) is 11.5. The molecule has 0 N–H and O–H groups in total. The highest BCUT2D eigenvalue weighted by molar-refractivity contribution is 6.74. The molecule has 3 rings (SSSR count). The van der Waals surface area contributed by atoms with E-state index in [9.17, 15) is 9.59 Å². The molecule has 0 bridgehead atoms. The summed E-state index contributed by atoms with van der Waals surface area (Å²) in [5, 5.41) is 0. The van der Waals surface area contributed by atoms with Gasteiger partial charge in [-0.25, -0.2) is 0 Å². The van der Waals surface area contributed by atoms with E-state index in [1.165, 1.54) is 0 Å². The van der Waals surface area contributed by atoms with Gasteiger partial charge in [0.2, 0.25) is 8.32 Å². The summed E-state index contributed by atoms with van der Waals surface area (Å²) in [6.07, 6.45) is 0. The van der Waals surface area contributed by atoms with Gasteiger partial charge in [0, 0.05) is 22.3 Å². The number of hydrogen-bond donors (Lipinski definition) is 0. The van der Waals surface area contributed by atoms with Gasteiger partial charge in [0.25, 0.3) is 0 Å². The van der Waals surface area contributed by atoms with E-state index in [-0.39, 0.29) is 11.6 Å². The fourth-order valence-corrected chi connectivity index (χ4v) is 5.92. The average molecular weight is 338 g/mol. The molecule has 3 nitrogen and oxygen atoms in total. The van der Waals surface area contributed by atoms with Crippen molar-refractivity contribution >= 4 is 19.9 Å². The molecule has 0 atom stereocenters. The van der Waals surface area contributed by atoms with Crippen molar-refractivity contribution in [1.82, 2.24) is 0 Å². The maximum Gasteiger partial charge on any atom is 0.250 e. The van der Waals surface area contributed by atoms with Crippen molar-refractivity contribution in [3.8, 4) is 5.75 Å². The zero-order valence-electron chi connectivity index (χ0n) is 14.4. The molecule has 0 unspecified atom stereocenters. The Balaban J connectivity index is 2.03. The van der Waals surface area contributed by atoms with Crippen molar-refractivity contribution in [1.29, 1.82) is 0 Å². The Morgan fingerprint density at radius 2 is 1.25 bits per heavy atom. The van der Waals surface area contributed by atoms with Crippen molar-refractivity contribution in [2.75, 3.05) is 0 Å². The van der Waals surface area contributed by atoms with E-state index in [1.807, 2.05) is 6.07 Å². The van der Waals surface area contributed by atoms with Crippen LogP contribution in [0.3, 0.4) is 0 Å². The summed E-state index contributed by atoms with van der Waals surface area (Å²) in [5.41, 5.74) is 1.91. The molecule has 0 saturated heterocycles. The molecule has 0 aromatic heterocycles. The number of carbonyl (C=O) groups is 2. The maximum atomic E-state index is 12.8. The predicted octanol–water partition coefficient (Wildman–Crippen LogP) is 4.85. The zero-order chi connectivity index (χ0) is 17.3. The van der Waals surface area contributed by atoms with E-state index in [2.05, 4.69) is 20.8 Å². The van der Waals surface area contributed by atoms with Gasteiger partial charge >= 0.3 is 0 Å². The number of rotatable bonds is 5. The van der Waals surface area contributed by atoms with Crippen molar-refractivity contribution in [3.05, 3.63) is 64.7 Å². The highest BCUT2D eigenvalue weighted by Crippen LogP contribution is 2.32. The van der Waals surface area contributed by atoms with Crippen LogP contribution in [0.15, 0.2) is 42.5 Å². The highest BCUT2D eigenvalue weighted by atomic mass is 28.4. The lowest BCUT2D eigenvalue weighted by molar-refractivity contribution is 0.0979. The Hall–Kier alpha value is -2.20. The standard InChI is InChI=1S/C20H22O3Si/c1-4-24(5-2,6-3)23-14-11-12-17-18(13-14)20(22)16-10-8-7-9-15(16)19(17)21/h7-13H,4-6H2,1-3H3. The molecule has 0 heterocycles. The molecule has 0 radical (unpaired) electrons. The molecular weight excluding hydrogens is 316 g/mol. The molecule has 1 aliphatic rings. The molecule has 0 saturated carbocycles. The van der Waals surface area contributed by atoms with E-state index in [1.54, 1.807) is 36.4 Å². The van der Waals surface area contributed by atoms with Crippen LogP contribution < -0.4 is 4.43 Å². The Morgan fingerprint density at radius 1 is 0.750 bits per heavy atom. The topological polar surface area (TPSA) is 43.4 Å². The fraction of sp³-hybridized carbons (Fsp3) is 0.300. The SMILES string of the molecule is CC[Si](CC)(CC)Oc1ccc2c(c1)C(=O)c1ccccc1C2=O. The highest BCUT2D eigenvalue weighted by Gasteiger charge is 2.33. The van der Waals surface area contributed by atoms with Crippen LogP contribution >= 0.6 is 0 Å². The summed E-state index contributed by atoms with van der Waals surface area (Å²) < 4.78 is 6.36. The monoisotopic (exact) mass is 338 g/mol. The normalized spacial score (nSPS) is 13.5. The number of ketones is 2. The van der Waals surface area contributed by atoms with Gasteiger partial charge in [-0.3, -0.25) is 9.59 Å². The minimum absolute atomic E-state index is 0.0864. The lowest BCUT2D eigenvalue weighted by atomic mass is 9.84. The second-order valence-electron chi connectivity index (χ2n) is 6.26. The van der Waals surface area contributed by atoms with Crippen LogP contribution in [0, 0.1) is 0 Å². The van der Waals surface area contributed by atoms with E-state index < -0.39 is 8.32 Å². The van der Waals surface area contributed by atoms with Crippen molar-refractivity contribution in [3.63, 3.8) is 0 Å². The number of fused-ring (bicyclic) bond motifs is 2. The minimum Gasteiger partial charge on any atom is -0.543 e. The van der Waals surface area contributed by atoms with Gasteiger partial charge in [-0.2, -0.15) is 0 Å². The third-order valence-electron chi connectivity index (χ3n) is 5.16. The smallest absolute Gasteiger partial charge is 0.250 e. The molecule has 2 aromatic carbocycles. The molecule has 4 heteroatoms. The van der Waals surface area contributed by atoms with Gasteiger partial charge in [0.1, 0.15) is 5.75 Å². The number of benzene rings is 2. The minimum atomic E-state index is -1.81. The molecule has 24 heavy (non-hydrogen) atoms. The first kappa shape index (κ1) is 16.6. The van der Waals surface area contributed by atoms with Crippen molar-refractivity contribution in [2.24, 2.45) is 0 Å². The van der Waals surface area contributed by atoms with Gasteiger partial charge in [0.05, 0.1) is 0 Å². The van der Waals surface area contributed by atoms with Crippen LogP contribution in [0.4, 0.5) is 0 Å². The van der Waals surface area contributed by atoms with Crippen molar-refractivity contribution in [2.45, 2.75) is 38.9 Å². The van der Waals surface area contributed by atoms with E-state index in [0.717, 1.165) is 18.1 Å². The molecule has 0 spiro atoms. The Labute approximate surface area is 143 Å². The van der Waals surface area contributed by atoms with Crippen molar-refractivity contribution < 1.29 is 14.0 Å². The molecule has 0 fully saturated rings. The van der Waals surface area contributed by atoms with Gasteiger partial charge in [-0.1, -0.05) is 45.0 Å².